The Bertz CT molecular complexity index is 500. The average molecular weight is 340 g/mol. The fourth-order valence-electron chi connectivity index (χ4n) is 2.69. The second kappa shape index (κ2) is 10.1. The van der Waals surface area contributed by atoms with Crippen molar-refractivity contribution in [3.63, 3.8) is 0 Å². The Hall–Kier alpha value is -1.90. The number of hydrogen-bond donors (Lipinski definition) is 3. The molecular formula is C16H26N3O5+. The third-order valence-corrected chi connectivity index (χ3v) is 4.00. The summed E-state index contributed by atoms with van der Waals surface area (Å²) < 4.78 is 15.8. The van der Waals surface area contributed by atoms with Crippen molar-refractivity contribution in [2.24, 2.45) is 0 Å². The first-order chi connectivity index (χ1) is 11.7. The maximum Gasteiger partial charge on any atom is 0.309 e. The van der Waals surface area contributed by atoms with Crippen LogP contribution >= 0.6 is 0 Å². The van der Waals surface area contributed by atoms with Crippen molar-refractivity contribution < 1.29 is 28.4 Å². The van der Waals surface area contributed by atoms with E-state index < -0.39 is 11.8 Å². The first-order valence-electron chi connectivity index (χ1n) is 8.23. The molecule has 3 N–H and O–H groups in total. The van der Waals surface area contributed by atoms with E-state index >= 15 is 0 Å². The van der Waals surface area contributed by atoms with E-state index in [9.17, 15) is 9.59 Å². The highest BCUT2D eigenvalue weighted by Gasteiger charge is 2.29. The van der Waals surface area contributed by atoms with Gasteiger partial charge >= 0.3 is 11.8 Å². The molecule has 1 atom stereocenters. The summed E-state index contributed by atoms with van der Waals surface area (Å²) in [4.78, 5) is 25.0. The summed E-state index contributed by atoms with van der Waals surface area (Å²) in [6.45, 7) is 4.34. The molecule has 0 saturated carbocycles. The van der Waals surface area contributed by atoms with Gasteiger partial charge in [-0.2, -0.15) is 0 Å². The first-order valence-corrected chi connectivity index (χ1v) is 8.23. The zero-order valence-corrected chi connectivity index (χ0v) is 14.0. The molecule has 0 spiro atoms. The van der Waals surface area contributed by atoms with Crippen molar-refractivity contribution in [2.75, 3.05) is 53.1 Å². The van der Waals surface area contributed by atoms with Crippen LogP contribution in [0.25, 0.3) is 0 Å². The highest BCUT2D eigenvalue weighted by Crippen LogP contribution is 2.09. The van der Waals surface area contributed by atoms with E-state index in [0.29, 0.717) is 39.3 Å². The van der Waals surface area contributed by atoms with E-state index in [1.807, 2.05) is 12.1 Å². The van der Waals surface area contributed by atoms with Crippen LogP contribution in [-0.2, 0) is 19.1 Å². The zero-order chi connectivity index (χ0) is 17.2. The number of methoxy groups -OCH3 is 1. The second-order valence-electron chi connectivity index (χ2n) is 5.65. The van der Waals surface area contributed by atoms with Crippen LogP contribution in [0.1, 0.15) is 18.2 Å². The van der Waals surface area contributed by atoms with Gasteiger partial charge in [-0.15, -0.1) is 0 Å². The number of carbonyl (C=O) groups is 2. The maximum atomic E-state index is 11.9. The predicted molar refractivity (Wildman–Crippen MR) is 85.5 cm³/mol. The van der Waals surface area contributed by atoms with Gasteiger partial charge in [-0.3, -0.25) is 9.59 Å². The Balaban J connectivity index is 1.83. The fourth-order valence-corrected chi connectivity index (χ4v) is 2.69. The van der Waals surface area contributed by atoms with Gasteiger partial charge < -0.3 is 29.4 Å². The van der Waals surface area contributed by atoms with Crippen LogP contribution in [0.3, 0.4) is 0 Å². The molecule has 2 heterocycles. The Morgan fingerprint density at radius 2 is 2.04 bits per heavy atom. The van der Waals surface area contributed by atoms with E-state index in [2.05, 4.69) is 10.6 Å². The summed E-state index contributed by atoms with van der Waals surface area (Å²) in [5.41, 5.74) is 0. The smallest absolute Gasteiger partial charge is 0.309 e. The second-order valence-corrected chi connectivity index (χ2v) is 5.65. The van der Waals surface area contributed by atoms with Crippen LogP contribution in [0.5, 0.6) is 0 Å². The number of rotatable bonds is 8. The van der Waals surface area contributed by atoms with Crippen LogP contribution in [-0.4, -0.2) is 64.9 Å². The number of carbonyl (C=O) groups excluding carboxylic acids is 2. The van der Waals surface area contributed by atoms with Crippen molar-refractivity contribution in [3.8, 4) is 0 Å². The molecule has 2 amide bonds. The molecule has 8 heteroatoms. The number of nitrogens with one attached hydrogen (secondary N) is 3. The first kappa shape index (κ1) is 18.4. The number of hydrogen-bond acceptors (Lipinski definition) is 5. The van der Waals surface area contributed by atoms with Gasteiger partial charge in [0, 0.05) is 20.3 Å². The Morgan fingerprint density at radius 1 is 1.29 bits per heavy atom. The van der Waals surface area contributed by atoms with E-state index in [0.717, 1.165) is 18.8 Å². The number of furan rings is 1. The van der Waals surface area contributed by atoms with Gasteiger partial charge in [0.2, 0.25) is 0 Å². The number of quaternary nitrogens is 1. The van der Waals surface area contributed by atoms with E-state index in [1.54, 1.807) is 13.4 Å². The van der Waals surface area contributed by atoms with E-state index in [1.165, 1.54) is 4.90 Å². The highest BCUT2D eigenvalue weighted by atomic mass is 16.5. The van der Waals surface area contributed by atoms with Crippen molar-refractivity contribution >= 4 is 11.8 Å². The lowest BCUT2D eigenvalue weighted by Gasteiger charge is -2.30. The maximum absolute atomic E-state index is 11.9. The Labute approximate surface area is 141 Å². The summed E-state index contributed by atoms with van der Waals surface area (Å²) in [6.07, 6.45) is 2.29. The molecule has 0 unspecified atom stereocenters. The normalized spacial score (nSPS) is 16.5. The van der Waals surface area contributed by atoms with Crippen LogP contribution in [0.15, 0.2) is 22.8 Å². The molecule has 0 radical (unpaired) electrons. The van der Waals surface area contributed by atoms with Crippen LogP contribution < -0.4 is 15.5 Å². The summed E-state index contributed by atoms with van der Waals surface area (Å²) >= 11 is 0. The number of ether oxygens (including phenoxy) is 2. The summed E-state index contributed by atoms with van der Waals surface area (Å²) in [7, 11) is 1.59. The molecule has 1 aromatic heterocycles. The summed E-state index contributed by atoms with van der Waals surface area (Å²) in [6, 6.07) is 3.69. The average Bonchev–Trinajstić information content (AvgIpc) is 3.14. The SMILES string of the molecule is COCCCNC(=O)C(=O)NC[C@H](c1ccco1)[NH+]1CCOCC1. The van der Waals surface area contributed by atoms with Crippen LogP contribution in [0.2, 0.25) is 0 Å². The number of amides is 2. The highest BCUT2D eigenvalue weighted by molar-refractivity contribution is 6.35. The molecule has 2 rings (SSSR count). The van der Waals surface area contributed by atoms with Gasteiger partial charge in [0.05, 0.1) is 26.0 Å². The minimum atomic E-state index is -0.628. The molecular weight excluding hydrogens is 314 g/mol. The molecule has 1 aliphatic heterocycles. The van der Waals surface area contributed by atoms with Crippen molar-refractivity contribution in [1.29, 1.82) is 0 Å². The largest absolute Gasteiger partial charge is 0.463 e. The third-order valence-electron chi connectivity index (χ3n) is 4.00. The Kier molecular flexibility index (Phi) is 7.73. The lowest BCUT2D eigenvalue weighted by Crippen LogP contribution is -3.15. The van der Waals surface area contributed by atoms with Gasteiger partial charge in [0.1, 0.15) is 13.1 Å². The lowest BCUT2D eigenvalue weighted by atomic mass is 10.1. The molecule has 0 aromatic carbocycles. The zero-order valence-electron chi connectivity index (χ0n) is 14.0. The number of morpholine rings is 1. The quantitative estimate of drug-likeness (QED) is 0.396. The van der Waals surface area contributed by atoms with Gasteiger partial charge in [0.15, 0.2) is 11.8 Å². The van der Waals surface area contributed by atoms with Crippen LogP contribution in [0.4, 0.5) is 0 Å². The predicted octanol–water partition coefficient (Wildman–Crippen LogP) is -1.50. The minimum Gasteiger partial charge on any atom is -0.463 e. The molecule has 8 nitrogen and oxygen atoms in total. The molecule has 134 valence electrons. The molecule has 1 aromatic rings. The summed E-state index contributed by atoms with van der Waals surface area (Å²) in [5.74, 6) is -0.453. The Morgan fingerprint density at radius 3 is 2.71 bits per heavy atom. The van der Waals surface area contributed by atoms with Gasteiger partial charge in [0.25, 0.3) is 0 Å². The van der Waals surface area contributed by atoms with E-state index in [4.69, 9.17) is 13.9 Å². The molecule has 1 fully saturated rings. The van der Waals surface area contributed by atoms with Gasteiger partial charge in [-0.1, -0.05) is 0 Å². The van der Waals surface area contributed by atoms with Gasteiger partial charge in [-0.25, -0.2) is 0 Å². The standard InChI is InChI=1S/C16H25N3O5/c1-22-8-3-5-17-15(20)16(21)18-12-13(14-4-2-9-24-14)19-6-10-23-11-7-19/h2,4,9,13H,3,5-8,10-12H2,1H3,(H,17,20)(H,18,21)/p+1/t13-/m1/s1. The van der Waals surface area contributed by atoms with Crippen molar-refractivity contribution in [2.45, 2.75) is 12.5 Å². The monoisotopic (exact) mass is 340 g/mol. The molecule has 0 bridgehead atoms. The topological polar surface area (TPSA) is 94.2 Å². The molecule has 1 aliphatic rings. The van der Waals surface area contributed by atoms with Crippen molar-refractivity contribution in [3.05, 3.63) is 24.2 Å². The van der Waals surface area contributed by atoms with Crippen LogP contribution in [0, 0.1) is 0 Å². The fraction of sp³-hybridized carbons (Fsp3) is 0.625. The van der Waals surface area contributed by atoms with Crippen molar-refractivity contribution in [1.82, 2.24) is 10.6 Å². The molecule has 24 heavy (non-hydrogen) atoms. The minimum absolute atomic E-state index is 0.0332. The molecule has 1 saturated heterocycles. The van der Waals surface area contributed by atoms with Gasteiger partial charge in [-0.05, 0) is 18.6 Å². The molecule has 0 aliphatic carbocycles. The lowest BCUT2D eigenvalue weighted by molar-refractivity contribution is -0.938. The summed E-state index contributed by atoms with van der Waals surface area (Å²) in [5, 5.41) is 5.28. The third kappa shape index (κ3) is 5.63. The van der Waals surface area contributed by atoms with E-state index in [-0.39, 0.29) is 6.04 Å².